The summed E-state index contributed by atoms with van der Waals surface area (Å²) < 4.78 is 4.82. The van der Waals surface area contributed by atoms with E-state index in [-0.39, 0.29) is 0 Å². The Balaban J connectivity index is 3.98. The molecule has 0 fully saturated rings. The molecule has 0 saturated carbocycles. The maximum atomic E-state index is 11.4. The van der Waals surface area contributed by atoms with Crippen LogP contribution in [-0.2, 0) is 9.53 Å². The van der Waals surface area contributed by atoms with Gasteiger partial charge in [0.05, 0.1) is 6.61 Å². The number of nitrogens with one attached hydrogen (secondary N) is 1. The number of aliphatic hydroxyl groups is 1. The second-order valence-electron chi connectivity index (χ2n) is 3.29. The lowest BCUT2D eigenvalue weighted by molar-refractivity contribution is -0.140. The first kappa shape index (κ1) is 14.7. The number of hydrogen-bond acceptors (Lipinski definition) is 4. The highest BCUT2D eigenvalue weighted by molar-refractivity contribution is 5.82. The normalized spacial score (nSPS) is 11.9. The molecule has 0 saturated heterocycles. The fraction of sp³-hybridized carbons (Fsp3) is 0.778. The second-order valence-corrected chi connectivity index (χ2v) is 3.29. The largest absolute Gasteiger partial charge is 0.480 e. The molecule has 0 aliphatic heterocycles. The number of ether oxygens (including phenoxy) is 1. The van der Waals surface area contributed by atoms with E-state index in [0.29, 0.717) is 19.6 Å². The minimum absolute atomic E-state index is 0.456. The minimum Gasteiger partial charge on any atom is -0.480 e. The maximum absolute atomic E-state index is 11.4. The zero-order valence-corrected chi connectivity index (χ0v) is 9.47. The fourth-order valence-corrected chi connectivity index (χ4v) is 0.992. The molecule has 7 heteroatoms. The summed E-state index contributed by atoms with van der Waals surface area (Å²) in [7, 11) is 3.10. The number of carboxylic acid groups (broad SMARTS) is 1. The van der Waals surface area contributed by atoms with Gasteiger partial charge in [-0.1, -0.05) is 0 Å². The Bertz CT molecular complexity index is 234. The van der Waals surface area contributed by atoms with Crippen molar-refractivity contribution in [3.8, 4) is 0 Å². The van der Waals surface area contributed by atoms with Crippen molar-refractivity contribution in [3.05, 3.63) is 0 Å². The summed E-state index contributed by atoms with van der Waals surface area (Å²) in [5, 5.41) is 19.5. The molecule has 0 aromatic heterocycles. The summed E-state index contributed by atoms with van der Waals surface area (Å²) in [6.45, 7) is 0.352. The molecule has 1 atom stereocenters. The highest BCUT2D eigenvalue weighted by atomic mass is 16.5. The van der Waals surface area contributed by atoms with Crippen LogP contribution in [0.25, 0.3) is 0 Å². The molecule has 3 N–H and O–H groups in total. The Hall–Kier alpha value is -1.34. The minimum atomic E-state index is -1.27. The first-order valence-corrected chi connectivity index (χ1v) is 4.87. The maximum Gasteiger partial charge on any atom is 0.328 e. The summed E-state index contributed by atoms with van der Waals surface area (Å²) in [5.41, 5.74) is 0. The molecule has 0 aliphatic rings. The number of amides is 2. The molecule has 2 amide bonds. The predicted molar refractivity (Wildman–Crippen MR) is 56.2 cm³/mol. The van der Waals surface area contributed by atoms with Crippen LogP contribution in [0.3, 0.4) is 0 Å². The number of hydrogen-bond donors (Lipinski definition) is 3. The molecule has 16 heavy (non-hydrogen) atoms. The Morgan fingerprint density at radius 2 is 2.12 bits per heavy atom. The van der Waals surface area contributed by atoms with E-state index in [4.69, 9.17) is 14.9 Å². The van der Waals surface area contributed by atoms with Gasteiger partial charge in [0.2, 0.25) is 0 Å². The number of aliphatic carboxylic acids is 1. The number of nitrogens with zero attached hydrogens (tertiary/aromatic N) is 1. The molecule has 0 rings (SSSR count). The van der Waals surface area contributed by atoms with Crippen LogP contribution >= 0.6 is 0 Å². The van der Waals surface area contributed by atoms with Crippen LogP contribution in [-0.4, -0.2) is 67.1 Å². The van der Waals surface area contributed by atoms with E-state index in [0.717, 1.165) is 0 Å². The second kappa shape index (κ2) is 7.89. The molecule has 0 heterocycles. The molecule has 0 aromatic carbocycles. The molecule has 0 unspecified atom stereocenters. The van der Waals surface area contributed by atoms with Gasteiger partial charge in [-0.15, -0.1) is 0 Å². The highest BCUT2D eigenvalue weighted by Crippen LogP contribution is 1.91. The smallest absolute Gasteiger partial charge is 0.328 e. The van der Waals surface area contributed by atoms with Crippen molar-refractivity contribution < 1.29 is 24.5 Å². The van der Waals surface area contributed by atoms with Crippen molar-refractivity contribution in [2.75, 3.05) is 33.9 Å². The quantitative estimate of drug-likeness (QED) is 0.496. The van der Waals surface area contributed by atoms with E-state index in [1.54, 1.807) is 14.2 Å². The number of carbonyl (C=O) groups is 2. The lowest BCUT2D eigenvalue weighted by Crippen LogP contribution is -2.48. The molecule has 0 aliphatic carbocycles. The van der Waals surface area contributed by atoms with Crippen molar-refractivity contribution in [1.82, 2.24) is 10.2 Å². The predicted octanol–water partition coefficient (Wildman–Crippen LogP) is -0.890. The van der Waals surface area contributed by atoms with E-state index in [1.165, 1.54) is 4.90 Å². The zero-order chi connectivity index (χ0) is 12.6. The van der Waals surface area contributed by atoms with Crippen LogP contribution in [0.2, 0.25) is 0 Å². The number of carboxylic acids is 1. The first-order chi connectivity index (χ1) is 7.52. The van der Waals surface area contributed by atoms with Crippen LogP contribution < -0.4 is 5.32 Å². The molecule has 0 spiro atoms. The number of urea groups is 1. The zero-order valence-electron chi connectivity index (χ0n) is 9.47. The van der Waals surface area contributed by atoms with Gasteiger partial charge in [-0.25, -0.2) is 9.59 Å². The summed E-state index contributed by atoms with van der Waals surface area (Å²) in [4.78, 5) is 23.3. The number of methoxy groups -OCH3 is 1. The van der Waals surface area contributed by atoms with Crippen molar-refractivity contribution in [1.29, 1.82) is 0 Å². The summed E-state index contributed by atoms with van der Waals surface area (Å²) >= 11 is 0. The molecular weight excluding hydrogens is 216 g/mol. The van der Waals surface area contributed by atoms with Crippen LogP contribution in [0.5, 0.6) is 0 Å². The van der Waals surface area contributed by atoms with Crippen molar-refractivity contribution >= 4 is 12.0 Å². The van der Waals surface area contributed by atoms with Gasteiger partial charge in [-0.2, -0.15) is 0 Å². The lowest BCUT2D eigenvalue weighted by atomic mass is 10.3. The van der Waals surface area contributed by atoms with Crippen LogP contribution in [0.15, 0.2) is 0 Å². The van der Waals surface area contributed by atoms with E-state index in [1.807, 2.05) is 0 Å². The van der Waals surface area contributed by atoms with Gasteiger partial charge in [0.15, 0.2) is 6.04 Å². The molecule has 0 bridgehead atoms. The van der Waals surface area contributed by atoms with Crippen molar-refractivity contribution in [2.24, 2.45) is 0 Å². The SMILES string of the molecule is COCCCN(C)C(=O)N[C@@H](CO)C(=O)O. The van der Waals surface area contributed by atoms with Crippen molar-refractivity contribution in [3.63, 3.8) is 0 Å². The van der Waals surface area contributed by atoms with Crippen LogP contribution in [0, 0.1) is 0 Å². The average Bonchev–Trinajstić information content (AvgIpc) is 2.25. The summed E-state index contributed by atoms with van der Waals surface area (Å²) in [6, 6.07) is -1.80. The third kappa shape index (κ3) is 5.52. The monoisotopic (exact) mass is 234 g/mol. The standard InChI is InChI=1S/C9H18N2O5/c1-11(4-3-5-16-2)9(15)10-7(6-12)8(13)14/h7,12H,3-6H2,1-2H3,(H,10,15)(H,13,14)/t7-/m0/s1. The highest BCUT2D eigenvalue weighted by Gasteiger charge is 2.20. The van der Waals surface area contributed by atoms with E-state index in [9.17, 15) is 9.59 Å². The van der Waals surface area contributed by atoms with Crippen LogP contribution in [0.4, 0.5) is 4.79 Å². The first-order valence-electron chi connectivity index (χ1n) is 4.87. The Kier molecular flexibility index (Phi) is 7.23. The average molecular weight is 234 g/mol. The summed E-state index contributed by atoms with van der Waals surface area (Å²) in [6.07, 6.45) is 0.664. The van der Waals surface area contributed by atoms with Crippen LogP contribution in [0.1, 0.15) is 6.42 Å². The van der Waals surface area contributed by atoms with Gasteiger partial charge in [0.25, 0.3) is 0 Å². The van der Waals surface area contributed by atoms with Gasteiger partial charge < -0.3 is 25.2 Å². The Morgan fingerprint density at radius 3 is 2.56 bits per heavy atom. The van der Waals surface area contributed by atoms with E-state index in [2.05, 4.69) is 5.32 Å². The number of rotatable bonds is 7. The molecule has 7 nitrogen and oxygen atoms in total. The number of aliphatic hydroxyl groups excluding tert-OH is 1. The van der Waals surface area contributed by atoms with E-state index >= 15 is 0 Å². The van der Waals surface area contributed by atoms with Gasteiger partial charge >= 0.3 is 12.0 Å². The summed E-state index contributed by atoms with van der Waals surface area (Å²) in [5.74, 6) is -1.26. The van der Waals surface area contributed by atoms with Gasteiger partial charge in [-0.05, 0) is 6.42 Å². The van der Waals surface area contributed by atoms with Crippen molar-refractivity contribution in [2.45, 2.75) is 12.5 Å². The lowest BCUT2D eigenvalue weighted by Gasteiger charge is -2.20. The fourth-order valence-electron chi connectivity index (χ4n) is 0.992. The van der Waals surface area contributed by atoms with E-state index < -0.39 is 24.6 Å². The third-order valence-electron chi connectivity index (χ3n) is 1.97. The topological polar surface area (TPSA) is 99.1 Å². The van der Waals surface area contributed by atoms with Gasteiger partial charge in [0, 0.05) is 27.3 Å². The van der Waals surface area contributed by atoms with Gasteiger partial charge in [0.1, 0.15) is 0 Å². The molecule has 0 aromatic rings. The number of carbonyl (C=O) groups excluding carboxylic acids is 1. The Morgan fingerprint density at radius 1 is 1.50 bits per heavy atom. The Labute approximate surface area is 94.0 Å². The molecule has 94 valence electrons. The molecule has 0 radical (unpaired) electrons. The molecular formula is C9H18N2O5. The van der Waals surface area contributed by atoms with Gasteiger partial charge in [-0.3, -0.25) is 0 Å². The third-order valence-corrected chi connectivity index (χ3v) is 1.97.